The summed E-state index contributed by atoms with van der Waals surface area (Å²) in [5, 5.41) is 0. The van der Waals surface area contributed by atoms with Crippen molar-refractivity contribution >= 4 is 38.2 Å². The van der Waals surface area contributed by atoms with Gasteiger partial charge in [-0.1, -0.05) is 24.3 Å². The minimum Gasteiger partial charge on any atom is -0.304 e. The number of hydrogen-bond donors (Lipinski definition) is 0. The van der Waals surface area contributed by atoms with E-state index in [1.165, 1.54) is 30.8 Å². The second kappa shape index (κ2) is 10.5. The average molecular weight is 526 g/mol. The van der Waals surface area contributed by atoms with Gasteiger partial charge in [0, 0.05) is 43.5 Å². The van der Waals surface area contributed by atoms with Crippen molar-refractivity contribution < 1.29 is 4.39 Å². The number of nitrogens with zero attached hydrogens (tertiary/aromatic N) is 7. The van der Waals surface area contributed by atoms with E-state index in [9.17, 15) is 4.39 Å². The molecule has 2 atom stereocenters. The molecule has 7 nitrogen and oxygen atoms in total. The molecule has 3 aromatic heterocycles. The molecule has 10 heteroatoms. The number of rotatable bonds is 5. The van der Waals surface area contributed by atoms with Crippen LogP contribution in [0.25, 0.3) is 22.6 Å². The molecule has 1 aromatic carbocycles. The van der Waals surface area contributed by atoms with Gasteiger partial charge in [-0.25, -0.2) is 19.3 Å². The van der Waals surface area contributed by atoms with Gasteiger partial charge in [-0.05, 0) is 44.5 Å². The van der Waals surface area contributed by atoms with Gasteiger partial charge < -0.3 is 9.47 Å². The number of aryl methyl sites for hydroxylation is 2. The number of imidazole rings is 1. The molecule has 0 amide bonds. The summed E-state index contributed by atoms with van der Waals surface area (Å²) in [5.74, 6) is 0.948. The van der Waals surface area contributed by atoms with Gasteiger partial charge >= 0.3 is 0 Å². The van der Waals surface area contributed by atoms with Crippen molar-refractivity contribution in [1.82, 2.24) is 34.3 Å². The Morgan fingerprint density at radius 1 is 0.917 bits per heavy atom. The molecule has 0 radical (unpaired) electrons. The maximum atomic E-state index is 14.0. The van der Waals surface area contributed by atoms with Crippen LogP contribution in [0.2, 0.25) is 0 Å². The summed E-state index contributed by atoms with van der Waals surface area (Å²) in [4.78, 5) is 23.1. The highest BCUT2D eigenvalue weighted by atomic mass is 32.1. The number of likely N-dealkylation sites (tertiary alicyclic amines) is 2. The van der Waals surface area contributed by atoms with E-state index in [1.807, 2.05) is 18.4 Å². The summed E-state index contributed by atoms with van der Waals surface area (Å²) in [6, 6.07) is 11.7. The Morgan fingerprint density at radius 3 is 2.28 bits per heavy atom. The van der Waals surface area contributed by atoms with Gasteiger partial charge in [-0.2, -0.15) is 27.0 Å². The number of aromatic nitrogens is 5. The molecule has 0 unspecified atom stereocenters. The van der Waals surface area contributed by atoms with E-state index >= 15 is 0 Å². The lowest BCUT2D eigenvalue weighted by atomic mass is 10.1. The molecule has 0 spiro atoms. The van der Waals surface area contributed by atoms with Gasteiger partial charge in [0.15, 0.2) is 5.65 Å². The lowest BCUT2D eigenvalue weighted by molar-refractivity contribution is 0.143. The van der Waals surface area contributed by atoms with Crippen LogP contribution < -0.4 is 0 Å². The Kier molecular flexibility index (Phi) is 7.70. The Morgan fingerprint density at radius 2 is 1.64 bits per heavy atom. The third-order valence-corrected chi connectivity index (χ3v) is 7.22. The number of pyridine rings is 1. The van der Waals surface area contributed by atoms with E-state index in [1.54, 1.807) is 6.20 Å². The SMILES string of the molecule is Cc1nc(C)c2nc(-c3cncc(F)c3)n(Cc3ccc(CN4C[C@@H]5C[C@H]4CN5C)cc3)c2n1.S.S. The monoisotopic (exact) mass is 525 g/mol. The maximum absolute atomic E-state index is 14.0. The van der Waals surface area contributed by atoms with Crippen LogP contribution in [-0.4, -0.2) is 66.5 Å². The molecule has 36 heavy (non-hydrogen) atoms. The number of fused-ring (bicyclic) bond motifs is 3. The minimum atomic E-state index is -0.388. The van der Waals surface area contributed by atoms with E-state index in [0.717, 1.165) is 35.5 Å². The summed E-state index contributed by atoms with van der Waals surface area (Å²) in [5.41, 5.74) is 5.40. The standard InChI is InChI=1S/C26H28FN7.2H2S/c1-16-24-26(30-17(2)29-16)34(25(31-24)20-8-21(27)11-28-10-20)13-19-6-4-18(5-7-19)12-33-15-22-9-23(33)14-32(22)3;;/h4-8,10-11,22-23H,9,12-15H2,1-3H3;2*1H2/t22-,23-;;/m0../s1. The largest absolute Gasteiger partial charge is 0.304 e. The molecule has 2 aliphatic rings. The molecule has 2 fully saturated rings. The quantitative estimate of drug-likeness (QED) is 0.395. The van der Waals surface area contributed by atoms with Gasteiger partial charge in [-0.3, -0.25) is 9.88 Å². The fraction of sp³-hybridized carbons (Fsp3) is 0.385. The van der Waals surface area contributed by atoms with Crippen molar-refractivity contribution in [2.45, 2.75) is 45.4 Å². The minimum absolute atomic E-state index is 0. The third-order valence-electron chi connectivity index (χ3n) is 7.22. The van der Waals surface area contributed by atoms with Gasteiger partial charge in [0.2, 0.25) is 0 Å². The summed E-state index contributed by atoms with van der Waals surface area (Å²) >= 11 is 0. The summed E-state index contributed by atoms with van der Waals surface area (Å²) < 4.78 is 16.0. The normalized spacial score (nSPS) is 19.4. The smallest absolute Gasteiger partial charge is 0.164 e. The highest BCUT2D eigenvalue weighted by molar-refractivity contribution is 7.59. The van der Waals surface area contributed by atoms with E-state index in [4.69, 9.17) is 4.98 Å². The molecular formula is C26H32FN7S2. The lowest BCUT2D eigenvalue weighted by Gasteiger charge is -2.31. The van der Waals surface area contributed by atoms with Crippen molar-refractivity contribution in [2.24, 2.45) is 0 Å². The molecule has 6 rings (SSSR count). The van der Waals surface area contributed by atoms with E-state index in [-0.39, 0.29) is 32.8 Å². The molecule has 2 aliphatic heterocycles. The summed E-state index contributed by atoms with van der Waals surface area (Å²) in [6.07, 6.45) is 4.13. The topological polar surface area (TPSA) is 63.0 Å². The van der Waals surface area contributed by atoms with Crippen LogP contribution in [0, 0.1) is 19.7 Å². The first kappa shape index (κ1) is 26.5. The van der Waals surface area contributed by atoms with Crippen LogP contribution in [0.15, 0.2) is 42.7 Å². The molecule has 0 N–H and O–H groups in total. The molecule has 190 valence electrons. The number of likely N-dealkylation sites (N-methyl/N-ethyl adjacent to an activating group) is 1. The molecule has 0 aliphatic carbocycles. The first-order chi connectivity index (χ1) is 16.4. The molecule has 0 saturated carbocycles. The van der Waals surface area contributed by atoms with Crippen LogP contribution in [0.1, 0.15) is 29.1 Å². The number of halogens is 1. The second-order valence-corrected chi connectivity index (χ2v) is 9.67. The number of piperazine rings is 1. The van der Waals surface area contributed by atoms with E-state index < -0.39 is 0 Å². The zero-order chi connectivity index (χ0) is 23.4. The highest BCUT2D eigenvalue weighted by Crippen LogP contribution is 2.31. The first-order valence-electron chi connectivity index (χ1n) is 11.8. The Bertz CT molecular complexity index is 1370. The molecular weight excluding hydrogens is 493 g/mol. The fourth-order valence-corrected chi connectivity index (χ4v) is 5.49. The average Bonchev–Trinajstić information content (AvgIpc) is 3.48. The van der Waals surface area contributed by atoms with Crippen LogP contribution in [0.5, 0.6) is 0 Å². The summed E-state index contributed by atoms with van der Waals surface area (Å²) in [7, 11) is 2.23. The van der Waals surface area contributed by atoms with Gasteiger partial charge in [0.05, 0.1) is 18.4 Å². The van der Waals surface area contributed by atoms with Gasteiger partial charge in [0.25, 0.3) is 0 Å². The second-order valence-electron chi connectivity index (χ2n) is 9.67. The lowest BCUT2D eigenvalue weighted by Crippen LogP contribution is -2.43. The Balaban J connectivity index is 0.00000152. The Labute approximate surface area is 224 Å². The van der Waals surface area contributed by atoms with Crippen LogP contribution in [-0.2, 0) is 13.1 Å². The predicted octanol–water partition coefficient (Wildman–Crippen LogP) is 3.81. The van der Waals surface area contributed by atoms with Crippen molar-refractivity contribution in [3.8, 4) is 11.4 Å². The molecule has 2 bridgehead atoms. The van der Waals surface area contributed by atoms with Gasteiger partial charge in [0.1, 0.15) is 23.0 Å². The molecule has 4 aromatic rings. The van der Waals surface area contributed by atoms with Crippen LogP contribution in [0.4, 0.5) is 4.39 Å². The predicted molar refractivity (Wildman–Crippen MR) is 150 cm³/mol. The van der Waals surface area contributed by atoms with Crippen molar-refractivity contribution in [3.05, 3.63) is 71.2 Å². The molecule has 2 saturated heterocycles. The number of hydrogen-bond acceptors (Lipinski definition) is 6. The molecule has 5 heterocycles. The van der Waals surface area contributed by atoms with E-state index in [0.29, 0.717) is 35.8 Å². The van der Waals surface area contributed by atoms with Crippen LogP contribution in [0.3, 0.4) is 0 Å². The Hall–Kier alpha value is -2.53. The highest BCUT2D eigenvalue weighted by Gasteiger charge is 2.40. The number of benzene rings is 1. The van der Waals surface area contributed by atoms with Gasteiger partial charge in [-0.15, -0.1) is 0 Å². The maximum Gasteiger partial charge on any atom is 0.164 e. The van der Waals surface area contributed by atoms with Crippen molar-refractivity contribution in [1.29, 1.82) is 0 Å². The fourth-order valence-electron chi connectivity index (χ4n) is 5.49. The van der Waals surface area contributed by atoms with Crippen LogP contribution >= 0.6 is 27.0 Å². The first-order valence-corrected chi connectivity index (χ1v) is 11.8. The zero-order valence-corrected chi connectivity index (χ0v) is 22.7. The van der Waals surface area contributed by atoms with Crippen molar-refractivity contribution in [3.63, 3.8) is 0 Å². The summed E-state index contributed by atoms with van der Waals surface area (Å²) in [6.45, 7) is 7.72. The van der Waals surface area contributed by atoms with E-state index in [2.05, 4.69) is 56.1 Å². The zero-order valence-electron chi connectivity index (χ0n) is 20.7. The van der Waals surface area contributed by atoms with Crippen molar-refractivity contribution in [2.75, 3.05) is 20.1 Å². The third kappa shape index (κ3) is 4.87.